The van der Waals surface area contributed by atoms with Gasteiger partial charge in [-0.25, -0.2) is 0 Å². The molecule has 0 radical (unpaired) electrons. The summed E-state index contributed by atoms with van der Waals surface area (Å²) in [5, 5.41) is 0. The summed E-state index contributed by atoms with van der Waals surface area (Å²) < 4.78 is 5.44. The molecule has 0 aromatic heterocycles. The molecule has 0 bridgehead atoms. The van der Waals surface area contributed by atoms with Gasteiger partial charge in [0.15, 0.2) is 0 Å². The molecular weight excluding hydrogens is 200 g/mol. The van der Waals surface area contributed by atoms with Crippen LogP contribution in [0, 0.1) is 5.41 Å². The molecule has 3 heteroatoms. The van der Waals surface area contributed by atoms with Crippen LogP contribution < -0.4 is 11.3 Å². The number of nitrogens with one attached hydrogen (secondary N) is 1. The Balaban J connectivity index is 2.10. The fraction of sp³-hybridized carbons (Fsp3) is 0.846. The molecule has 1 aliphatic carbocycles. The summed E-state index contributed by atoms with van der Waals surface area (Å²) in [6.07, 6.45) is 10.8. The molecule has 1 aliphatic heterocycles. The molecule has 2 aliphatic rings. The summed E-state index contributed by atoms with van der Waals surface area (Å²) >= 11 is 0. The lowest BCUT2D eigenvalue weighted by Crippen LogP contribution is -2.49. The number of hydrazine groups is 1. The molecule has 0 aromatic rings. The van der Waals surface area contributed by atoms with Crippen LogP contribution >= 0.6 is 0 Å². The quantitative estimate of drug-likeness (QED) is 0.572. The van der Waals surface area contributed by atoms with E-state index < -0.39 is 0 Å². The van der Waals surface area contributed by atoms with E-state index in [4.69, 9.17) is 10.6 Å². The van der Waals surface area contributed by atoms with E-state index in [9.17, 15) is 0 Å². The number of hydrogen-bond acceptors (Lipinski definition) is 3. The summed E-state index contributed by atoms with van der Waals surface area (Å²) in [5.74, 6) is 5.77. The molecule has 1 atom stereocenters. The molecule has 1 unspecified atom stereocenters. The van der Waals surface area contributed by atoms with E-state index in [-0.39, 0.29) is 0 Å². The molecule has 0 aromatic carbocycles. The molecular formula is C13H24N2O. The van der Waals surface area contributed by atoms with Gasteiger partial charge in [0.2, 0.25) is 0 Å². The van der Waals surface area contributed by atoms with Crippen LogP contribution in [0.5, 0.6) is 0 Å². The fourth-order valence-electron chi connectivity index (χ4n) is 3.20. The highest BCUT2D eigenvalue weighted by Crippen LogP contribution is 2.42. The molecule has 1 heterocycles. The van der Waals surface area contributed by atoms with Crippen molar-refractivity contribution < 1.29 is 4.74 Å². The summed E-state index contributed by atoms with van der Waals surface area (Å²) in [7, 11) is 0. The van der Waals surface area contributed by atoms with Crippen molar-refractivity contribution in [1.29, 1.82) is 0 Å². The summed E-state index contributed by atoms with van der Waals surface area (Å²) in [6, 6.07) is 0.299. The van der Waals surface area contributed by atoms with Crippen molar-refractivity contribution in [3.05, 3.63) is 11.8 Å². The molecule has 0 amide bonds. The average molecular weight is 224 g/mol. The molecule has 3 N–H and O–H groups in total. The highest BCUT2D eigenvalue weighted by atomic mass is 16.5. The molecule has 0 spiro atoms. The monoisotopic (exact) mass is 224 g/mol. The summed E-state index contributed by atoms with van der Waals surface area (Å²) in [5.41, 5.74) is 4.71. The van der Waals surface area contributed by atoms with E-state index in [1.165, 1.54) is 37.7 Å². The highest BCUT2D eigenvalue weighted by Gasteiger charge is 2.37. The number of nitrogens with two attached hydrogens (primary N) is 1. The fourth-order valence-corrected chi connectivity index (χ4v) is 3.20. The van der Waals surface area contributed by atoms with Gasteiger partial charge in [-0.3, -0.25) is 11.3 Å². The zero-order valence-corrected chi connectivity index (χ0v) is 10.3. The molecule has 2 rings (SSSR count). The zero-order valence-electron chi connectivity index (χ0n) is 10.3. The normalized spacial score (nSPS) is 26.8. The summed E-state index contributed by atoms with van der Waals surface area (Å²) in [6.45, 7) is 3.23. The lowest BCUT2D eigenvalue weighted by Gasteiger charge is -2.42. The van der Waals surface area contributed by atoms with Gasteiger partial charge in [0.1, 0.15) is 0 Å². The smallest absolute Gasteiger partial charge is 0.0876 e. The predicted octanol–water partition coefficient (Wildman–Crippen LogP) is 2.48. The van der Waals surface area contributed by atoms with Crippen molar-refractivity contribution in [3.63, 3.8) is 0 Å². The Hall–Kier alpha value is -0.540. The minimum Gasteiger partial charge on any atom is -0.501 e. The maximum Gasteiger partial charge on any atom is 0.0876 e. The number of hydrogen-bond donors (Lipinski definition) is 2. The number of rotatable bonds is 3. The van der Waals surface area contributed by atoms with Crippen LogP contribution in [0.25, 0.3) is 0 Å². The van der Waals surface area contributed by atoms with Crippen molar-refractivity contribution in [1.82, 2.24) is 5.43 Å². The van der Waals surface area contributed by atoms with Gasteiger partial charge in [-0.1, -0.05) is 26.2 Å². The Morgan fingerprint density at radius 2 is 2.06 bits per heavy atom. The van der Waals surface area contributed by atoms with Crippen LogP contribution in [0.15, 0.2) is 11.8 Å². The van der Waals surface area contributed by atoms with Crippen molar-refractivity contribution in [2.45, 2.75) is 57.9 Å². The van der Waals surface area contributed by atoms with E-state index >= 15 is 0 Å². The van der Waals surface area contributed by atoms with Gasteiger partial charge in [0.05, 0.1) is 18.9 Å². The molecule has 3 nitrogen and oxygen atoms in total. The maximum absolute atomic E-state index is 5.77. The number of ether oxygens (including phenoxy) is 1. The Kier molecular flexibility index (Phi) is 3.87. The first-order chi connectivity index (χ1) is 7.76. The second-order valence-electron chi connectivity index (χ2n) is 5.48. The van der Waals surface area contributed by atoms with Crippen LogP contribution in [0.4, 0.5) is 0 Å². The van der Waals surface area contributed by atoms with Crippen molar-refractivity contribution in [3.8, 4) is 0 Å². The Bertz CT molecular complexity index is 257. The Morgan fingerprint density at radius 1 is 1.31 bits per heavy atom. The van der Waals surface area contributed by atoms with Crippen LogP contribution in [0.2, 0.25) is 0 Å². The molecule has 0 saturated heterocycles. The van der Waals surface area contributed by atoms with Crippen molar-refractivity contribution in [2.75, 3.05) is 6.61 Å². The third-order valence-electron chi connectivity index (χ3n) is 4.19. The SMILES string of the molecule is CC1(C(NN)C2=COCCC2)CCCCC1. The van der Waals surface area contributed by atoms with Gasteiger partial charge >= 0.3 is 0 Å². The largest absolute Gasteiger partial charge is 0.501 e. The van der Waals surface area contributed by atoms with Gasteiger partial charge in [0.25, 0.3) is 0 Å². The van der Waals surface area contributed by atoms with E-state index in [1.54, 1.807) is 0 Å². The van der Waals surface area contributed by atoms with Crippen molar-refractivity contribution in [2.24, 2.45) is 11.3 Å². The Morgan fingerprint density at radius 3 is 2.62 bits per heavy atom. The first-order valence-electron chi connectivity index (χ1n) is 6.53. The van der Waals surface area contributed by atoms with E-state index in [1.807, 2.05) is 6.26 Å². The predicted molar refractivity (Wildman–Crippen MR) is 65.6 cm³/mol. The standard InChI is InChI=1S/C13H24N2O/c1-13(7-3-2-4-8-13)12(15-14)11-6-5-9-16-10-11/h10,12,15H,2-9,14H2,1H3. The summed E-state index contributed by atoms with van der Waals surface area (Å²) in [4.78, 5) is 0. The first-order valence-corrected chi connectivity index (χ1v) is 6.53. The first kappa shape index (κ1) is 11.9. The lowest BCUT2D eigenvalue weighted by molar-refractivity contribution is 0.146. The minimum atomic E-state index is 0.299. The van der Waals surface area contributed by atoms with Gasteiger partial charge < -0.3 is 4.74 Å². The zero-order chi connectivity index (χ0) is 11.4. The van der Waals surface area contributed by atoms with Crippen LogP contribution in [-0.2, 0) is 4.74 Å². The maximum atomic E-state index is 5.77. The van der Waals surface area contributed by atoms with Gasteiger partial charge in [-0.2, -0.15) is 0 Å². The van der Waals surface area contributed by atoms with Gasteiger partial charge in [-0.05, 0) is 36.7 Å². The van der Waals surface area contributed by atoms with E-state index in [0.717, 1.165) is 19.4 Å². The van der Waals surface area contributed by atoms with Crippen LogP contribution in [0.3, 0.4) is 0 Å². The van der Waals surface area contributed by atoms with Gasteiger partial charge in [-0.15, -0.1) is 0 Å². The second kappa shape index (κ2) is 5.19. The van der Waals surface area contributed by atoms with Crippen LogP contribution in [0.1, 0.15) is 51.9 Å². The average Bonchev–Trinajstić information content (AvgIpc) is 2.32. The van der Waals surface area contributed by atoms with Gasteiger partial charge in [0, 0.05) is 0 Å². The lowest BCUT2D eigenvalue weighted by atomic mass is 9.68. The third-order valence-corrected chi connectivity index (χ3v) is 4.19. The topological polar surface area (TPSA) is 47.3 Å². The minimum absolute atomic E-state index is 0.299. The molecule has 1 saturated carbocycles. The second-order valence-corrected chi connectivity index (χ2v) is 5.48. The van der Waals surface area contributed by atoms with E-state index in [2.05, 4.69) is 12.3 Å². The molecule has 16 heavy (non-hydrogen) atoms. The molecule has 92 valence electrons. The Labute approximate surface area is 98.4 Å². The van der Waals surface area contributed by atoms with E-state index in [0.29, 0.717) is 11.5 Å². The van der Waals surface area contributed by atoms with Crippen molar-refractivity contribution >= 4 is 0 Å². The van der Waals surface area contributed by atoms with Crippen LogP contribution in [-0.4, -0.2) is 12.6 Å². The third kappa shape index (κ3) is 2.41. The molecule has 1 fully saturated rings. The highest BCUT2D eigenvalue weighted by molar-refractivity contribution is 5.15.